The van der Waals surface area contributed by atoms with Crippen LogP contribution in [-0.4, -0.2) is 29.1 Å². The van der Waals surface area contributed by atoms with Crippen LogP contribution in [0, 0.1) is 13.8 Å². The Bertz CT molecular complexity index is 1030. The van der Waals surface area contributed by atoms with Crippen LogP contribution in [0.1, 0.15) is 29.5 Å². The van der Waals surface area contributed by atoms with Gasteiger partial charge < -0.3 is 9.72 Å². The van der Waals surface area contributed by atoms with Crippen LogP contribution in [0.3, 0.4) is 0 Å². The molecule has 0 radical (unpaired) electrons. The average molecular weight is 397 g/mol. The Balaban J connectivity index is 1.40. The molecule has 2 aromatic carbocycles. The second-order valence-corrected chi connectivity index (χ2v) is 8.18. The Morgan fingerprint density at radius 2 is 1.93 bits per heavy atom. The molecule has 0 bridgehead atoms. The van der Waals surface area contributed by atoms with Gasteiger partial charge in [0.15, 0.2) is 0 Å². The molecule has 0 amide bonds. The summed E-state index contributed by atoms with van der Waals surface area (Å²) in [4.78, 5) is 17.1. The van der Waals surface area contributed by atoms with Gasteiger partial charge in [0.05, 0.1) is 0 Å². The first-order valence-electron chi connectivity index (χ1n) is 9.75. The first-order valence-corrected chi connectivity index (χ1v) is 10.1. The number of aromatic amines is 1. The van der Waals surface area contributed by atoms with Crippen molar-refractivity contribution < 1.29 is 4.74 Å². The summed E-state index contributed by atoms with van der Waals surface area (Å²) in [6, 6.07) is 12.1. The van der Waals surface area contributed by atoms with Crippen molar-refractivity contribution in [3.05, 3.63) is 74.7 Å². The lowest BCUT2D eigenvalue weighted by Crippen LogP contribution is -2.37. The number of ether oxygens (including phenoxy) is 1. The quantitative estimate of drug-likeness (QED) is 0.686. The molecule has 4 nitrogen and oxygen atoms in total. The number of aromatic nitrogens is 1. The van der Waals surface area contributed by atoms with Crippen LogP contribution in [0.15, 0.2) is 47.4 Å². The first-order chi connectivity index (χ1) is 13.5. The number of halogens is 1. The number of aryl methyl sites for hydroxylation is 2. The van der Waals surface area contributed by atoms with Gasteiger partial charge >= 0.3 is 0 Å². The summed E-state index contributed by atoms with van der Waals surface area (Å²) in [6.45, 7) is 7.00. The van der Waals surface area contributed by atoms with Gasteiger partial charge in [-0.3, -0.25) is 9.69 Å². The molecule has 28 heavy (non-hydrogen) atoms. The molecule has 1 N–H and O–H groups in total. The van der Waals surface area contributed by atoms with Crippen molar-refractivity contribution in [3.8, 4) is 5.75 Å². The number of benzene rings is 2. The molecule has 3 aromatic rings. The maximum Gasteiger partial charge on any atom is 0.255 e. The summed E-state index contributed by atoms with van der Waals surface area (Å²) in [6.07, 6.45) is 3.87. The largest absolute Gasteiger partial charge is 0.490 e. The molecule has 1 aromatic heterocycles. The maximum atomic E-state index is 12.0. The predicted octanol–water partition coefficient (Wildman–Crippen LogP) is 4.84. The van der Waals surface area contributed by atoms with E-state index in [0.29, 0.717) is 5.39 Å². The van der Waals surface area contributed by atoms with Crippen molar-refractivity contribution >= 4 is 22.4 Å². The standard InChI is InChI=1S/C23H25ClN2O2/c1-15-9-17(12-19(24)10-15)14-26-7-4-20(5-8-26)28-22-13-18-3-6-25-23(27)21(18)11-16(22)2/h3,6,9-13,20H,4-5,7-8,14H2,1-2H3,(H,25,27). The lowest BCUT2D eigenvalue weighted by molar-refractivity contribution is 0.0964. The molecule has 5 heteroatoms. The average Bonchev–Trinajstić information content (AvgIpc) is 2.64. The monoisotopic (exact) mass is 396 g/mol. The number of pyridine rings is 1. The van der Waals surface area contributed by atoms with Crippen molar-refractivity contribution in [1.82, 2.24) is 9.88 Å². The van der Waals surface area contributed by atoms with Gasteiger partial charge in [0.2, 0.25) is 0 Å². The molecule has 1 saturated heterocycles. The van der Waals surface area contributed by atoms with Crippen LogP contribution in [-0.2, 0) is 6.54 Å². The number of nitrogens with one attached hydrogen (secondary N) is 1. The minimum Gasteiger partial charge on any atom is -0.490 e. The van der Waals surface area contributed by atoms with E-state index in [4.69, 9.17) is 16.3 Å². The van der Waals surface area contributed by atoms with Gasteiger partial charge in [0.25, 0.3) is 5.56 Å². The van der Waals surface area contributed by atoms with E-state index in [9.17, 15) is 4.79 Å². The molecule has 0 unspecified atom stereocenters. The maximum absolute atomic E-state index is 12.0. The third kappa shape index (κ3) is 4.23. The summed E-state index contributed by atoms with van der Waals surface area (Å²) in [7, 11) is 0. The molecular formula is C23H25ClN2O2. The van der Waals surface area contributed by atoms with Gasteiger partial charge in [0.1, 0.15) is 11.9 Å². The fraction of sp³-hybridized carbons (Fsp3) is 0.348. The number of piperidine rings is 1. The van der Waals surface area contributed by atoms with E-state index in [1.54, 1.807) is 6.20 Å². The Hall–Kier alpha value is -2.30. The van der Waals surface area contributed by atoms with Crippen LogP contribution < -0.4 is 10.3 Å². The highest BCUT2D eigenvalue weighted by atomic mass is 35.5. The molecule has 2 heterocycles. The number of likely N-dealkylation sites (tertiary alicyclic amines) is 1. The van der Waals surface area contributed by atoms with E-state index >= 15 is 0 Å². The highest BCUT2D eigenvalue weighted by molar-refractivity contribution is 6.30. The fourth-order valence-corrected chi connectivity index (χ4v) is 4.29. The van der Waals surface area contributed by atoms with E-state index < -0.39 is 0 Å². The minimum absolute atomic E-state index is 0.0586. The zero-order valence-electron chi connectivity index (χ0n) is 16.3. The first kappa shape index (κ1) is 19.0. The summed E-state index contributed by atoms with van der Waals surface area (Å²) in [5.41, 5.74) is 3.41. The molecule has 1 fully saturated rings. The highest BCUT2D eigenvalue weighted by Crippen LogP contribution is 2.27. The van der Waals surface area contributed by atoms with E-state index in [1.807, 2.05) is 31.2 Å². The van der Waals surface area contributed by atoms with Gasteiger partial charge in [-0.15, -0.1) is 0 Å². The Labute approximate surface area is 170 Å². The molecule has 146 valence electrons. The molecule has 0 atom stereocenters. The summed E-state index contributed by atoms with van der Waals surface area (Å²) in [5.74, 6) is 0.877. The Morgan fingerprint density at radius 1 is 1.14 bits per heavy atom. The van der Waals surface area contributed by atoms with E-state index in [2.05, 4.69) is 28.9 Å². The highest BCUT2D eigenvalue weighted by Gasteiger charge is 2.21. The van der Waals surface area contributed by atoms with Crippen LogP contribution in [0.2, 0.25) is 5.02 Å². The lowest BCUT2D eigenvalue weighted by Gasteiger charge is -2.32. The summed E-state index contributed by atoms with van der Waals surface area (Å²) < 4.78 is 6.31. The zero-order valence-corrected chi connectivity index (χ0v) is 17.1. The summed E-state index contributed by atoms with van der Waals surface area (Å²) in [5, 5.41) is 2.43. The SMILES string of the molecule is Cc1cc(Cl)cc(CN2CCC(Oc3cc4cc[nH]c(=O)c4cc3C)CC2)c1. The molecule has 0 aliphatic carbocycles. The molecule has 0 spiro atoms. The second-order valence-electron chi connectivity index (χ2n) is 7.74. The van der Waals surface area contributed by atoms with Crippen molar-refractivity contribution in [2.75, 3.05) is 13.1 Å². The smallest absolute Gasteiger partial charge is 0.255 e. The van der Waals surface area contributed by atoms with Crippen molar-refractivity contribution in [3.63, 3.8) is 0 Å². The third-order valence-electron chi connectivity index (χ3n) is 5.41. The normalized spacial score (nSPS) is 15.8. The number of fused-ring (bicyclic) bond motifs is 1. The summed E-state index contributed by atoms with van der Waals surface area (Å²) >= 11 is 6.19. The Kier molecular flexibility index (Phi) is 5.42. The number of hydrogen-bond acceptors (Lipinski definition) is 3. The molecule has 1 aliphatic heterocycles. The van der Waals surface area contributed by atoms with Crippen LogP contribution in [0.25, 0.3) is 10.8 Å². The number of hydrogen-bond donors (Lipinski definition) is 1. The molecule has 4 rings (SSSR count). The lowest BCUT2D eigenvalue weighted by atomic mass is 10.0. The van der Waals surface area contributed by atoms with Crippen molar-refractivity contribution in [1.29, 1.82) is 0 Å². The molecule has 1 aliphatic rings. The van der Waals surface area contributed by atoms with E-state index in [0.717, 1.165) is 54.2 Å². The van der Waals surface area contributed by atoms with Crippen LogP contribution >= 0.6 is 11.6 Å². The second kappa shape index (κ2) is 7.98. The fourth-order valence-electron chi connectivity index (χ4n) is 3.98. The molecule has 0 saturated carbocycles. The third-order valence-corrected chi connectivity index (χ3v) is 5.62. The van der Waals surface area contributed by atoms with Gasteiger partial charge in [-0.05, 0) is 79.1 Å². The Morgan fingerprint density at radius 3 is 2.68 bits per heavy atom. The minimum atomic E-state index is -0.0586. The number of nitrogens with zero attached hydrogens (tertiary/aromatic N) is 1. The number of rotatable bonds is 4. The van der Waals surface area contributed by atoms with E-state index in [-0.39, 0.29) is 11.7 Å². The van der Waals surface area contributed by atoms with Crippen LogP contribution in [0.4, 0.5) is 0 Å². The predicted molar refractivity (Wildman–Crippen MR) is 114 cm³/mol. The number of H-pyrrole nitrogens is 1. The van der Waals surface area contributed by atoms with Gasteiger partial charge in [-0.2, -0.15) is 0 Å². The van der Waals surface area contributed by atoms with Gasteiger partial charge in [0, 0.05) is 36.2 Å². The zero-order chi connectivity index (χ0) is 19.7. The van der Waals surface area contributed by atoms with E-state index in [1.165, 1.54) is 11.1 Å². The topological polar surface area (TPSA) is 45.3 Å². The van der Waals surface area contributed by atoms with Crippen molar-refractivity contribution in [2.24, 2.45) is 0 Å². The van der Waals surface area contributed by atoms with Crippen molar-refractivity contribution in [2.45, 2.75) is 39.3 Å². The van der Waals surface area contributed by atoms with Crippen LogP contribution in [0.5, 0.6) is 5.75 Å². The molecular weight excluding hydrogens is 372 g/mol. The van der Waals surface area contributed by atoms with Gasteiger partial charge in [-0.25, -0.2) is 0 Å². The van der Waals surface area contributed by atoms with Gasteiger partial charge in [-0.1, -0.05) is 17.7 Å².